The van der Waals surface area contributed by atoms with E-state index in [4.69, 9.17) is 0 Å². The summed E-state index contributed by atoms with van der Waals surface area (Å²) >= 11 is 0. The Morgan fingerprint density at radius 2 is 1.94 bits per heavy atom. The molecule has 0 aromatic carbocycles. The molecule has 0 bridgehead atoms. The standard InChI is InChI=1S/C6H11B.C5H11N.C4H9N/c1-6-4-3-5-7(6)2;1-3-4-5-6-2;1-3-4-5-2/h3,5-6H,4H2,1-2H3;3-4,6H,5H2,1-2H3;3,5H,1,4H2,2H3/b;4-3+;. The lowest BCUT2D eigenvalue weighted by Gasteiger charge is -2.00. The second-order valence-corrected chi connectivity index (χ2v) is 4.47. The van der Waals surface area contributed by atoms with Gasteiger partial charge in [-0.3, -0.25) is 0 Å². The minimum absolute atomic E-state index is 0.833. The highest BCUT2D eigenvalue weighted by molar-refractivity contribution is 6.65. The van der Waals surface area contributed by atoms with Crippen molar-refractivity contribution in [2.24, 2.45) is 0 Å². The lowest BCUT2D eigenvalue weighted by Crippen LogP contribution is -2.03. The van der Waals surface area contributed by atoms with Crippen LogP contribution in [0.25, 0.3) is 0 Å². The predicted octanol–water partition coefficient (Wildman–Crippen LogP) is 3.17. The summed E-state index contributed by atoms with van der Waals surface area (Å²) in [5.74, 6) is 3.20. The molecule has 0 aromatic heterocycles. The Bertz CT molecular complexity index is 225. The normalized spacial score (nSPS) is 16.9. The molecule has 1 aliphatic rings. The molecule has 2 nitrogen and oxygen atoms in total. The molecule has 18 heavy (non-hydrogen) atoms. The molecular weight excluding hydrogens is 219 g/mol. The van der Waals surface area contributed by atoms with Crippen molar-refractivity contribution in [1.82, 2.24) is 10.6 Å². The number of hydrogen-bond acceptors (Lipinski definition) is 2. The van der Waals surface area contributed by atoms with Crippen molar-refractivity contribution < 1.29 is 0 Å². The van der Waals surface area contributed by atoms with E-state index in [1.54, 1.807) is 0 Å². The molecule has 1 atom stereocenters. The Hall–Kier alpha value is -0.795. The Balaban J connectivity index is 0. The lowest BCUT2D eigenvalue weighted by atomic mass is 9.46. The van der Waals surface area contributed by atoms with Gasteiger partial charge in [0.05, 0.1) is 0 Å². The van der Waals surface area contributed by atoms with Gasteiger partial charge in [-0.05, 0) is 27.4 Å². The van der Waals surface area contributed by atoms with E-state index in [9.17, 15) is 0 Å². The smallest absolute Gasteiger partial charge is 0.166 e. The third-order valence-electron chi connectivity index (χ3n) is 2.75. The quantitative estimate of drug-likeness (QED) is 0.591. The number of nitrogens with one attached hydrogen (secondary N) is 2. The van der Waals surface area contributed by atoms with E-state index in [2.05, 4.69) is 49.1 Å². The van der Waals surface area contributed by atoms with Gasteiger partial charge in [-0.25, -0.2) is 0 Å². The molecule has 0 spiro atoms. The van der Waals surface area contributed by atoms with Crippen LogP contribution in [-0.4, -0.2) is 33.9 Å². The summed E-state index contributed by atoms with van der Waals surface area (Å²) in [4.78, 5) is 0. The van der Waals surface area contributed by atoms with Gasteiger partial charge in [0, 0.05) is 13.1 Å². The van der Waals surface area contributed by atoms with Crippen LogP contribution in [-0.2, 0) is 0 Å². The van der Waals surface area contributed by atoms with Crippen LogP contribution in [0.1, 0.15) is 20.3 Å². The van der Waals surface area contributed by atoms with E-state index in [1.165, 1.54) is 6.42 Å². The zero-order valence-electron chi connectivity index (χ0n) is 12.9. The van der Waals surface area contributed by atoms with Crippen LogP contribution in [0.4, 0.5) is 0 Å². The Labute approximate surface area is 115 Å². The molecule has 0 aliphatic carbocycles. The lowest BCUT2D eigenvalue weighted by molar-refractivity contribution is 0.918. The summed E-state index contributed by atoms with van der Waals surface area (Å²) in [6, 6.07) is 0. The first-order valence-electron chi connectivity index (χ1n) is 6.81. The SMILES string of the molecule is C/C=C/CNC.C=CCNC.CB1C=CCC1C. The van der Waals surface area contributed by atoms with E-state index in [0.29, 0.717) is 0 Å². The fourth-order valence-electron chi connectivity index (χ4n) is 1.29. The third-order valence-corrected chi connectivity index (χ3v) is 2.75. The van der Waals surface area contributed by atoms with Gasteiger partial charge >= 0.3 is 0 Å². The van der Waals surface area contributed by atoms with Crippen molar-refractivity contribution in [2.75, 3.05) is 27.2 Å². The zero-order chi connectivity index (χ0) is 14.2. The van der Waals surface area contributed by atoms with Crippen molar-refractivity contribution in [3.05, 3.63) is 36.9 Å². The number of hydrogen-bond donors (Lipinski definition) is 2. The largest absolute Gasteiger partial charge is 0.316 e. The number of rotatable bonds is 4. The summed E-state index contributed by atoms with van der Waals surface area (Å²) in [5.41, 5.74) is 0. The van der Waals surface area contributed by atoms with Gasteiger partial charge in [0.1, 0.15) is 0 Å². The Morgan fingerprint density at radius 1 is 1.33 bits per heavy atom. The molecule has 0 saturated heterocycles. The van der Waals surface area contributed by atoms with E-state index >= 15 is 0 Å². The maximum atomic E-state index is 3.49. The van der Waals surface area contributed by atoms with Crippen LogP contribution >= 0.6 is 0 Å². The molecule has 3 heteroatoms. The van der Waals surface area contributed by atoms with Crippen LogP contribution < -0.4 is 10.6 Å². The maximum Gasteiger partial charge on any atom is 0.166 e. The first-order chi connectivity index (χ1) is 8.63. The van der Waals surface area contributed by atoms with Gasteiger partial charge in [-0.2, -0.15) is 0 Å². The summed E-state index contributed by atoms with van der Waals surface area (Å²) < 4.78 is 0. The molecule has 0 fully saturated rings. The zero-order valence-corrected chi connectivity index (χ0v) is 12.9. The molecule has 1 aliphatic heterocycles. The summed E-state index contributed by atoms with van der Waals surface area (Å²) in [6.07, 6.45) is 9.48. The highest BCUT2D eigenvalue weighted by Gasteiger charge is 2.15. The summed E-state index contributed by atoms with van der Waals surface area (Å²) in [6.45, 7) is 12.8. The van der Waals surface area contributed by atoms with Crippen LogP contribution in [0.2, 0.25) is 12.6 Å². The van der Waals surface area contributed by atoms with Gasteiger partial charge in [-0.1, -0.05) is 43.9 Å². The van der Waals surface area contributed by atoms with E-state index in [0.717, 1.165) is 25.6 Å². The van der Waals surface area contributed by atoms with Crippen LogP contribution in [0.15, 0.2) is 36.9 Å². The molecule has 0 aromatic rings. The van der Waals surface area contributed by atoms with Crippen LogP contribution in [0.3, 0.4) is 0 Å². The van der Waals surface area contributed by atoms with Crippen molar-refractivity contribution >= 4 is 6.71 Å². The molecular formula is C15H31BN2. The first-order valence-corrected chi connectivity index (χ1v) is 6.81. The topological polar surface area (TPSA) is 24.1 Å². The molecule has 2 N–H and O–H groups in total. The summed E-state index contributed by atoms with van der Waals surface area (Å²) in [5, 5.41) is 5.88. The summed E-state index contributed by atoms with van der Waals surface area (Å²) in [7, 11) is 3.82. The Kier molecular flexibility index (Phi) is 17.6. The monoisotopic (exact) mass is 250 g/mol. The van der Waals surface area contributed by atoms with Crippen molar-refractivity contribution in [2.45, 2.75) is 32.9 Å². The molecule has 0 amide bonds. The third kappa shape index (κ3) is 15.2. The van der Waals surface area contributed by atoms with Gasteiger partial charge in [0.25, 0.3) is 0 Å². The van der Waals surface area contributed by atoms with Crippen LogP contribution in [0.5, 0.6) is 0 Å². The van der Waals surface area contributed by atoms with Gasteiger partial charge < -0.3 is 10.6 Å². The van der Waals surface area contributed by atoms with Crippen molar-refractivity contribution in [3.8, 4) is 0 Å². The molecule has 1 heterocycles. The average Bonchev–Trinajstić information content (AvgIpc) is 2.74. The van der Waals surface area contributed by atoms with E-state index in [1.807, 2.05) is 33.2 Å². The molecule has 104 valence electrons. The van der Waals surface area contributed by atoms with E-state index < -0.39 is 0 Å². The highest BCUT2D eigenvalue weighted by Crippen LogP contribution is 2.21. The minimum atomic E-state index is 0.833. The van der Waals surface area contributed by atoms with Crippen molar-refractivity contribution in [3.63, 3.8) is 0 Å². The van der Waals surface area contributed by atoms with Gasteiger partial charge in [0.2, 0.25) is 0 Å². The fourth-order valence-corrected chi connectivity index (χ4v) is 1.29. The molecule has 1 rings (SSSR count). The molecule has 0 saturated carbocycles. The van der Waals surface area contributed by atoms with Crippen molar-refractivity contribution in [1.29, 1.82) is 0 Å². The van der Waals surface area contributed by atoms with E-state index in [-0.39, 0.29) is 0 Å². The second kappa shape index (κ2) is 16.2. The van der Waals surface area contributed by atoms with Gasteiger partial charge in [-0.15, -0.1) is 12.6 Å². The predicted molar refractivity (Wildman–Crippen MR) is 87.7 cm³/mol. The fraction of sp³-hybridized carbons (Fsp3) is 0.600. The molecule has 1 unspecified atom stereocenters. The maximum absolute atomic E-state index is 3.49. The molecule has 0 radical (unpaired) electrons. The number of allylic oxidation sites excluding steroid dienone is 2. The first kappa shape index (κ1) is 19.5. The minimum Gasteiger partial charge on any atom is -0.316 e. The van der Waals surface area contributed by atoms with Gasteiger partial charge in [0.15, 0.2) is 6.71 Å². The second-order valence-electron chi connectivity index (χ2n) is 4.47. The van der Waals surface area contributed by atoms with Crippen LogP contribution in [0, 0.1) is 0 Å². The number of likely N-dealkylation sites (N-methyl/N-ethyl adjacent to an activating group) is 2. The Morgan fingerprint density at radius 3 is 2.06 bits per heavy atom. The average molecular weight is 250 g/mol. The highest BCUT2D eigenvalue weighted by atomic mass is 14.8.